The lowest BCUT2D eigenvalue weighted by atomic mass is 9.96. The van der Waals surface area contributed by atoms with Crippen LogP contribution in [0, 0.1) is 11.8 Å². The van der Waals surface area contributed by atoms with Crippen molar-refractivity contribution in [3.05, 3.63) is 24.3 Å². The van der Waals surface area contributed by atoms with Gasteiger partial charge in [0.05, 0.1) is 31.2 Å². The van der Waals surface area contributed by atoms with Crippen LogP contribution in [-0.4, -0.2) is 54.8 Å². The highest BCUT2D eigenvalue weighted by Crippen LogP contribution is 2.37. The molecule has 9 heteroatoms. The molecule has 0 radical (unpaired) electrons. The number of methoxy groups -OCH3 is 1. The van der Waals surface area contributed by atoms with Crippen LogP contribution in [0.5, 0.6) is 5.75 Å². The summed E-state index contributed by atoms with van der Waals surface area (Å²) in [6, 6.07) is 6.78. The minimum atomic E-state index is -4.66. The standard InChI is InChI=1S/C15H17F3N2O4/c1-24-12-5-3-2-4-11(12)19-6-13(21)20-7-9(14(22)23)10(8-20)15(16,17)18/h2-5,9-10,19H,6-8H2,1H3,(H,22,23)/t9-,10-/m1/s1. The van der Waals surface area contributed by atoms with Gasteiger partial charge >= 0.3 is 12.1 Å². The fraction of sp³-hybridized carbons (Fsp3) is 0.467. The summed E-state index contributed by atoms with van der Waals surface area (Å²) in [4.78, 5) is 24.1. The summed E-state index contributed by atoms with van der Waals surface area (Å²) in [5, 5.41) is 11.7. The smallest absolute Gasteiger partial charge is 0.394 e. The zero-order valence-corrected chi connectivity index (χ0v) is 12.8. The van der Waals surface area contributed by atoms with Gasteiger partial charge in [-0.25, -0.2) is 0 Å². The molecule has 1 aromatic carbocycles. The lowest BCUT2D eigenvalue weighted by molar-refractivity contribution is -0.188. The van der Waals surface area contributed by atoms with Crippen molar-refractivity contribution in [3.63, 3.8) is 0 Å². The fourth-order valence-corrected chi connectivity index (χ4v) is 2.66. The van der Waals surface area contributed by atoms with Crippen molar-refractivity contribution >= 4 is 17.6 Å². The van der Waals surface area contributed by atoms with Crippen LogP contribution in [0.25, 0.3) is 0 Å². The molecule has 132 valence electrons. The molecular weight excluding hydrogens is 329 g/mol. The zero-order chi connectivity index (χ0) is 17.9. The fourth-order valence-electron chi connectivity index (χ4n) is 2.66. The second-order valence-corrected chi connectivity index (χ2v) is 5.45. The number of amides is 1. The molecule has 2 N–H and O–H groups in total. The number of aliphatic carboxylic acids is 1. The Balaban J connectivity index is 2.01. The monoisotopic (exact) mass is 346 g/mol. The van der Waals surface area contributed by atoms with Gasteiger partial charge in [0.25, 0.3) is 0 Å². The number of hydrogen-bond acceptors (Lipinski definition) is 4. The number of benzene rings is 1. The molecule has 1 aliphatic heterocycles. The van der Waals surface area contributed by atoms with Crippen LogP contribution in [0.15, 0.2) is 24.3 Å². The van der Waals surface area contributed by atoms with Crippen LogP contribution in [0.4, 0.5) is 18.9 Å². The molecule has 1 aliphatic rings. The third-order valence-electron chi connectivity index (χ3n) is 3.95. The molecule has 0 spiro atoms. The minimum absolute atomic E-state index is 0.253. The number of rotatable bonds is 5. The number of anilines is 1. The molecule has 0 aliphatic carbocycles. The third kappa shape index (κ3) is 3.90. The summed E-state index contributed by atoms with van der Waals surface area (Å²) in [6.07, 6.45) is -4.66. The van der Waals surface area contributed by atoms with Crippen molar-refractivity contribution in [2.45, 2.75) is 6.18 Å². The average Bonchev–Trinajstić information content (AvgIpc) is 2.98. The van der Waals surface area contributed by atoms with E-state index in [9.17, 15) is 22.8 Å². The molecular formula is C15H17F3N2O4. The Bertz CT molecular complexity index is 621. The zero-order valence-electron chi connectivity index (χ0n) is 12.8. The summed E-state index contributed by atoms with van der Waals surface area (Å²) in [7, 11) is 1.45. The molecule has 24 heavy (non-hydrogen) atoms. The molecule has 0 unspecified atom stereocenters. The third-order valence-corrected chi connectivity index (χ3v) is 3.95. The summed E-state index contributed by atoms with van der Waals surface area (Å²) in [6.45, 7) is -1.35. The number of likely N-dealkylation sites (tertiary alicyclic amines) is 1. The maximum atomic E-state index is 12.9. The van der Waals surface area contributed by atoms with E-state index < -0.39 is 43.0 Å². The summed E-state index contributed by atoms with van der Waals surface area (Å²) < 4.78 is 43.9. The summed E-state index contributed by atoms with van der Waals surface area (Å²) >= 11 is 0. The van der Waals surface area contributed by atoms with E-state index >= 15 is 0 Å². The van der Waals surface area contributed by atoms with E-state index in [1.54, 1.807) is 24.3 Å². The number of nitrogens with one attached hydrogen (secondary N) is 1. The van der Waals surface area contributed by atoms with Crippen LogP contribution >= 0.6 is 0 Å². The second-order valence-electron chi connectivity index (χ2n) is 5.45. The molecule has 6 nitrogen and oxygen atoms in total. The first-order valence-electron chi connectivity index (χ1n) is 7.18. The van der Waals surface area contributed by atoms with Crippen LogP contribution < -0.4 is 10.1 Å². The molecule has 0 bridgehead atoms. The van der Waals surface area contributed by atoms with Crippen molar-refractivity contribution in [2.75, 3.05) is 32.1 Å². The SMILES string of the molecule is COc1ccccc1NCC(=O)N1C[C@@H](C(F)(F)F)[C@H](C(=O)O)C1. The van der Waals surface area contributed by atoms with Gasteiger partial charge < -0.3 is 20.1 Å². The second kappa shape index (κ2) is 6.98. The highest BCUT2D eigenvalue weighted by atomic mass is 19.4. The Morgan fingerprint density at radius 2 is 2.00 bits per heavy atom. The van der Waals surface area contributed by atoms with Crippen molar-refractivity contribution in [2.24, 2.45) is 11.8 Å². The average molecular weight is 346 g/mol. The quantitative estimate of drug-likeness (QED) is 0.850. The van der Waals surface area contributed by atoms with Gasteiger partial charge in [-0.1, -0.05) is 12.1 Å². The molecule has 0 saturated carbocycles. The van der Waals surface area contributed by atoms with Gasteiger partial charge in [-0.05, 0) is 12.1 Å². The predicted octanol–water partition coefficient (Wildman–Crippen LogP) is 1.83. The lowest BCUT2D eigenvalue weighted by Gasteiger charge is -2.19. The van der Waals surface area contributed by atoms with E-state index in [1.807, 2.05) is 0 Å². The Hall–Kier alpha value is -2.45. The number of carbonyl (C=O) groups excluding carboxylic acids is 1. The van der Waals surface area contributed by atoms with Crippen molar-refractivity contribution in [3.8, 4) is 5.75 Å². The molecule has 1 aromatic rings. The molecule has 0 aromatic heterocycles. The van der Waals surface area contributed by atoms with Gasteiger partial charge in [0.15, 0.2) is 0 Å². The molecule has 1 amide bonds. The van der Waals surface area contributed by atoms with E-state index in [2.05, 4.69) is 5.32 Å². The topological polar surface area (TPSA) is 78.9 Å². The van der Waals surface area contributed by atoms with Gasteiger partial charge in [0.1, 0.15) is 5.75 Å². The van der Waals surface area contributed by atoms with E-state index in [4.69, 9.17) is 9.84 Å². The molecule has 2 atom stereocenters. The normalized spacial score (nSPS) is 20.8. The van der Waals surface area contributed by atoms with Gasteiger partial charge in [-0.3, -0.25) is 9.59 Å². The number of ether oxygens (including phenoxy) is 1. The van der Waals surface area contributed by atoms with E-state index in [-0.39, 0.29) is 6.54 Å². The first-order valence-corrected chi connectivity index (χ1v) is 7.18. The Morgan fingerprint density at radius 3 is 2.54 bits per heavy atom. The maximum absolute atomic E-state index is 12.9. The van der Waals surface area contributed by atoms with Gasteiger partial charge in [-0.15, -0.1) is 0 Å². The van der Waals surface area contributed by atoms with E-state index in [0.29, 0.717) is 11.4 Å². The number of hydrogen-bond donors (Lipinski definition) is 2. The number of carbonyl (C=O) groups is 2. The Labute approximate surface area is 136 Å². The van der Waals surface area contributed by atoms with Crippen LogP contribution in [0.3, 0.4) is 0 Å². The largest absolute Gasteiger partial charge is 0.495 e. The van der Waals surface area contributed by atoms with Crippen LogP contribution in [0.1, 0.15) is 0 Å². The van der Waals surface area contributed by atoms with E-state index in [0.717, 1.165) is 4.90 Å². The van der Waals surface area contributed by atoms with Crippen molar-refractivity contribution in [1.29, 1.82) is 0 Å². The van der Waals surface area contributed by atoms with Crippen molar-refractivity contribution < 1.29 is 32.6 Å². The summed E-state index contributed by atoms with van der Waals surface area (Å²) in [5.74, 6) is -5.35. The van der Waals surface area contributed by atoms with Crippen LogP contribution in [0.2, 0.25) is 0 Å². The Morgan fingerprint density at radius 1 is 1.33 bits per heavy atom. The highest BCUT2D eigenvalue weighted by molar-refractivity contribution is 5.83. The van der Waals surface area contributed by atoms with E-state index in [1.165, 1.54) is 7.11 Å². The molecule has 1 saturated heterocycles. The number of carboxylic acid groups (broad SMARTS) is 1. The molecule has 1 heterocycles. The van der Waals surface area contributed by atoms with Gasteiger partial charge in [-0.2, -0.15) is 13.2 Å². The lowest BCUT2D eigenvalue weighted by Crippen LogP contribution is -2.35. The van der Waals surface area contributed by atoms with Crippen LogP contribution in [-0.2, 0) is 9.59 Å². The number of carboxylic acids is 1. The van der Waals surface area contributed by atoms with Gasteiger partial charge in [0.2, 0.25) is 5.91 Å². The number of alkyl halides is 3. The Kier molecular flexibility index (Phi) is 5.20. The molecule has 1 fully saturated rings. The first-order chi connectivity index (χ1) is 11.2. The number of nitrogens with zero attached hydrogens (tertiary/aromatic N) is 1. The maximum Gasteiger partial charge on any atom is 0.394 e. The van der Waals surface area contributed by atoms with Crippen molar-refractivity contribution in [1.82, 2.24) is 4.90 Å². The number of para-hydroxylation sites is 2. The first kappa shape index (κ1) is 17.9. The summed E-state index contributed by atoms with van der Waals surface area (Å²) in [5.41, 5.74) is 0.523. The minimum Gasteiger partial charge on any atom is -0.495 e. The van der Waals surface area contributed by atoms with Gasteiger partial charge in [0, 0.05) is 13.1 Å². The predicted molar refractivity (Wildman–Crippen MR) is 78.7 cm³/mol. The highest BCUT2D eigenvalue weighted by Gasteiger charge is 2.53. The number of halogens is 3. The molecule has 2 rings (SSSR count).